The topological polar surface area (TPSA) is 62.2 Å². The van der Waals surface area contributed by atoms with Crippen LogP contribution in [0.5, 0.6) is 0 Å². The lowest BCUT2D eigenvalue weighted by Gasteiger charge is -2.12. The Kier molecular flexibility index (Phi) is 3.88. The van der Waals surface area contributed by atoms with E-state index in [2.05, 4.69) is 10.3 Å². The quantitative estimate of drug-likeness (QED) is 0.709. The second kappa shape index (κ2) is 5.83. The molecule has 0 amide bonds. The standard InChI is InChI=1S/C16H10Cl2N2O2/c17-9-7-11(18)15-13(5-6-19-14(15)8-9)20-12-4-2-1-3-10(12)16(21)22/h1-8H,(H,19,20)(H,21,22). The highest BCUT2D eigenvalue weighted by molar-refractivity contribution is 6.39. The fourth-order valence-corrected chi connectivity index (χ4v) is 2.82. The average molecular weight is 333 g/mol. The number of halogens is 2. The normalized spacial score (nSPS) is 10.6. The molecule has 0 radical (unpaired) electrons. The van der Waals surface area contributed by atoms with Crippen molar-refractivity contribution < 1.29 is 9.90 Å². The molecule has 0 fully saturated rings. The van der Waals surface area contributed by atoms with E-state index in [1.54, 1.807) is 42.6 Å². The number of pyridine rings is 1. The Morgan fingerprint density at radius 3 is 2.64 bits per heavy atom. The highest BCUT2D eigenvalue weighted by Gasteiger charge is 2.12. The summed E-state index contributed by atoms with van der Waals surface area (Å²) >= 11 is 12.2. The maximum absolute atomic E-state index is 11.3. The Morgan fingerprint density at radius 2 is 1.86 bits per heavy atom. The van der Waals surface area contributed by atoms with Crippen LogP contribution < -0.4 is 5.32 Å². The minimum atomic E-state index is -1.00. The molecule has 1 heterocycles. The number of benzene rings is 2. The Labute approximate surface area is 136 Å². The van der Waals surface area contributed by atoms with Crippen LogP contribution in [0.15, 0.2) is 48.7 Å². The smallest absolute Gasteiger partial charge is 0.337 e. The van der Waals surface area contributed by atoms with E-state index >= 15 is 0 Å². The van der Waals surface area contributed by atoms with E-state index in [0.717, 1.165) is 0 Å². The number of aromatic nitrogens is 1. The van der Waals surface area contributed by atoms with Gasteiger partial charge in [-0.25, -0.2) is 4.79 Å². The van der Waals surface area contributed by atoms with Gasteiger partial charge in [-0.3, -0.25) is 4.98 Å². The Morgan fingerprint density at radius 1 is 1.09 bits per heavy atom. The summed E-state index contributed by atoms with van der Waals surface area (Å²) in [6, 6.07) is 11.7. The number of fused-ring (bicyclic) bond motifs is 1. The maximum Gasteiger partial charge on any atom is 0.337 e. The molecule has 0 saturated heterocycles. The summed E-state index contributed by atoms with van der Waals surface area (Å²) in [5.74, 6) is -1.00. The summed E-state index contributed by atoms with van der Waals surface area (Å²) in [5.41, 5.74) is 1.96. The second-order valence-electron chi connectivity index (χ2n) is 4.62. The molecule has 0 bridgehead atoms. The van der Waals surface area contributed by atoms with Crippen LogP contribution in [-0.2, 0) is 0 Å². The number of rotatable bonds is 3. The van der Waals surface area contributed by atoms with E-state index in [9.17, 15) is 9.90 Å². The number of anilines is 2. The first-order valence-electron chi connectivity index (χ1n) is 6.39. The summed E-state index contributed by atoms with van der Waals surface area (Å²) in [6.45, 7) is 0. The molecule has 2 N–H and O–H groups in total. The molecule has 3 aromatic rings. The van der Waals surface area contributed by atoms with E-state index in [1.165, 1.54) is 6.07 Å². The number of aromatic carboxylic acids is 1. The van der Waals surface area contributed by atoms with Gasteiger partial charge in [0.1, 0.15) is 0 Å². The fraction of sp³-hybridized carbons (Fsp3) is 0. The molecule has 0 aliphatic carbocycles. The summed E-state index contributed by atoms with van der Waals surface area (Å²) < 4.78 is 0. The van der Waals surface area contributed by atoms with Crippen molar-refractivity contribution in [3.8, 4) is 0 Å². The van der Waals surface area contributed by atoms with Crippen molar-refractivity contribution >= 4 is 51.4 Å². The van der Waals surface area contributed by atoms with Gasteiger partial charge in [0.05, 0.1) is 27.5 Å². The predicted molar refractivity (Wildman–Crippen MR) is 88.4 cm³/mol. The minimum Gasteiger partial charge on any atom is -0.478 e. The van der Waals surface area contributed by atoms with E-state index in [4.69, 9.17) is 23.2 Å². The summed E-state index contributed by atoms with van der Waals surface area (Å²) in [4.78, 5) is 15.5. The van der Waals surface area contributed by atoms with E-state index in [1.807, 2.05) is 0 Å². The lowest BCUT2D eigenvalue weighted by atomic mass is 10.1. The van der Waals surface area contributed by atoms with Crippen molar-refractivity contribution in [3.63, 3.8) is 0 Å². The molecule has 4 nitrogen and oxygen atoms in total. The number of nitrogens with one attached hydrogen (secondary N) is 1. The molecule has 0 unspecified atom stereocenters. The Hall–Kier alpha value is -2.30. The van der Waals surface area contributed by atoms with Gasteiger partial charge in [0.25, 0.3) is 0 Å². The third-order valence-corrected chi connectivity index (χ3v) is 3.70. The number of nitrogens with zero attached hydrogens (tertiary/aromatic N) is 1. The third-order valence-electron chi connectivity index (χ3n) is 3.19. The monoisotopic (exact) mass is 332 g/mol. The minimum absolute atomic E-state index is 0.178. The van der Waals surface area contributed by atoms with Crippen molar-refractivity contribution in [1.82, 2.24) is 4.98 Å². The van der Waals surface area contributed by atoms with E-state index in [-0.39, 0.29) is 5.56 Å². The van der Waals surface area contributed by atoms with E-state index < -0.39 is 5.97 Å². The highest BCUT2D eigenvalue weighted by Crippen LogP contribution is 2.34. The number of hydrogen-bond acceptors (Lipinski definition) is 3. The second-order valence-corrected chi connectivity index (χ2v) is 5.46. The maximum atomic E-state index is 11.3. The van der Waals surface area contributed by atoms with Gasteiger partial charge < -0.3 is 10.4 Å². The zero-order valence-corrected chi connectivity index (χ0v) is 12.7. The van der Waals surface area contributed by atoms with Crippen LogP contribution in [0.3, 0.4) is 0 Å². The molecule has 0 saturated carbocycles. The predicted octanol–water partition coefficient (Wildman–Crippen LogP) is 4.98. The Bertz CT molecular complexity index is 881. The van der Waals surface area contributed by atoms with Crippen molar-refractivity contribution in [2.24, 2.45) is 0 Å². The molecule has 2 aromatic carbocycles. The van der Waals surface area contributed by atoms with Crippen molar-refractivity contribution in [2.75, 3.05) is 5.32 Å². The molecular weight excluding hydrogens is 323 g/mol. The number of carboxylic acid groups (broad SMARTS) is 1. The van der Waals surface area contributed by atoms with Gasteiger partial charge in [-0.2, -0.15) is 0 Å². The van der Waals surface area contributed by atoms with Gasteiger partial charge >= 0.3 is 5.97 Å². The highest BCUT2D eigenvalue weighted by atomic mass is 35.5. The van der Waals surface area contributed by atoms with Gasteiger partial charge in [-0.1, -0.05) is 35.3 Å². The van der Waals surface area contributed by atoms with Gasteiger partial charge in [-0.15, -0.1) is 0 Å². The van der Waals surface area contributed by atoms with Gasteiger partial charge in [0.2, 0.25) is 0 Å². The summed E-state index contributed by atoms with van der Waals surface area (Å²) in [5, 5.41) is 14.0. The van der Waals surface area contributed by atoms with Gasteiger partial charge in [0, 0.05) is 16.6 Å². The number of carbonyl (C=O) groups is 1. The van der Waals surface area contributed by atoms with Gasteiger partial charge in [-0.05, 0) is 30.3 Å². The zero-order chi connectivity index (χ0) is 15.7. The number of hydrogen-bond donors (Lipinski definition) is 2. The largest absolute Gasteiger partial charge is 0.478 e. The molecule has 0 aliphatic heterocycles. The lowest BCUT2D eigenvalue weighted by Crippen LogP contribution is -2.02. The first-order chi connectivity index (χ1) is 10.6. The number of carboxylic acids is 1. The van der Waals surface area contributed by atoms with Crippen LogP contribution in [0.4, 0.5) is 11.4 Å². The molecular formula is C16H10Cl2N2O2. The molecule has 22 heavy (non-hydrogen) atoms. The van der Waals surface area contributed by atoms with Crippen LogP contribution in [-0.4, -0.2) is 16.1 Å². The van der Waals surface area contributed by atoms with Gasteiger partial charge in [0.15, 0.2) is 0 Å². The zero-order valence-electron chi connectivity index (χ0n) is 11.2. The molecule has 0 aliphatic rings. The fourth-order valence-electron chi connectivity index (χ4n) is 2.23. The molecule has 3 rings (SSSR count). The van der Waals surface area contributed by atoms with Crippen LogP contribution in [0.25, 0.3) is 10.9 Å². The van der Waals surface area contributed by atoms with Crippen molar-refractivity contribution in [3.05, 3.63) is 64.3 Å². The van der Waals surface area contributed by atoms with Crippen LogP contribution in [0, 0.1) is 0 Å². The van der Waals surface area contributed by atoms with Crippen LogP contribution >= 0.6 is 23.2 Å². The molecule has 1 aromatic heterocycles. The van der Waals surface area contributed by atoms with Crippen LogP contribution in [0.1, 0.15) is 10.4 Å². The van der Waals surface area contributed by atoms with E-state index in [0.29, 0.717) is 32.3 Å². The van der Waals surface area contributed by atoms with Crippen molar-refractivity contribution in [2.45, 2.75) is 0 Å². The molecule has 110 valence electrons. The lowest BCUT2D eigenvalue weighted by molar-refractivity contribution is 0.0698. The van der Waals surface area contributed by atoms with Crippen LogP contribution in [0.2, 0.25) is 10.0 Å². The summed E-state index contributed by atoms with van der Waals surface area (Å²) in [6.07, 6.45) is 1.61. The Balaban J connectivity index is 2.15. The molecule has 0 spiro atoms. The number of para-hydroxylation sites is 1. The molecule has 0 atom stereocenters. The SMILES string of the molecule is O=C(O)c1ccccc1Nc1ccnc2cc(Cl)cc(Cl)c12. The first kappa shape index (κ1) is 14.6. The third kappa shape index (κ3) is 2.71. The molecule has 6 heteroatoms. The average Bonchev–Trinajstić information content (AvgIpc) is 2.47. The summed E-state index contributed by atoms with van der Waals surface area (Å²) in [7, 11) is 0. The first-order valence-corrected chi connectivity index (χ1v) is 7.15. The van der Waals surface area contributed by atoms with Crippen molar-refractivity contribution in [1.29, 1.82) is 0 Å².